The molecule has 1 aliphatic heterocycles. The van der Waals surface area contributed by atoms with Gasteiger partial charge in [0.2, 0.25) is 0 Å². The van der Waals surface area contributed by atoms with E-state index >= 15 is 0 Å². The minimum absolute atomic E-state index is 0.0436. The second-order valence-corrected chi connectivity index (χ2v) is 5.51. The maximum Gasteiger partial charge on any atom is 0.252 e. The molecule has 1 unspecified atom stereocenters. The summed E-state index contributed by atoms with van der Waals surface area (Å²) in [6, 6.07) is -0.279. The summed E-state index contributed by atoms with van der Waals surface area (Å²) < 4.78 is 27.1. The van der Waals surface area contributed by atoms with Crippen molar-refractivity contribution in [1.29, 1.82) is 0 Å². The van der Waals surface area contributed by atoms with Crippen molar-refractivity contribution in [3.63, 3.8) is 0 Å². The lowest BCUT2D eigenvalue weighted by molar-refractivity contribution is -0.127. The highest BCUT2D eigenvalue weighted by Gasteiger charge is 2.58. The third-order valence-corrected chi connectivity index (χ3v) is 4.10. The summed E-state index contributed by atoms with van der Waals surface area (Å²) in [6.07, 6.45) is 0.448. The Labute approximate surface area is 95.0 Å². The zero-order valence-electron chi connectivity index (χ0n) is 10.0. The quantitative estimate of drug-likeness (QED) is 0.726. The molecule has 1 aliphatic carbocycles. The lowest BCUT2D eigenvalue weighted by Crippen LogP contribution is -2.39. The van der Waals surface area contributed by atoms with Crippen LogP contribution < -0.4 is 0 Å². The van der Waals surface area contributed by atoms with Crippen molar-refractivity contribution in [2.75, 3.05) is 13.6 Å². The van der Waals surface area contributed by atoms with Crippen LogP contribution in [0, 0.1) is 17.8 Å². The Morgan fingerprint density at radius 3 is 2.62 bits per heavy atom. The first-order valence-corrected chi connectivity index (χ1v) is 5.96. The van der Waals surface area contributed by atoms with Crippen molar-refractivity contribution in [2.45, 2.75) is 38.7 Å². The topological polar surface area (TPSA) is 20.3 Å². The first kappa shape index (κ1) is 12.0. The highest BCUT2D eigenvalue weighted by Crippen LogP contribution is 2.50. The summed E-state index contributed by atoms with van der Waals surface area (Å²) in [6.45, 7) is 4.05. The molecule has 1 saturated heterocycles. The third kappa shape index (κ3) is 1.67. The number of hydrogen-bond donors (Lipinski definition) is 0. The molecular weight excluding hydrogens is 212 g/mol. The van der Waals surface area contributed by atoms with Gasteiger partial charge in [-0.15, -0.1) is 0 Å². The first-order chi connectivity index (χ1) is 7.34. The Morgan fingerprint density at radius 2 is 2.06 bits per heavy atom. The molecule has 2 fully saturated rings. The number of hydrogen-bond acceptors (Lipinski definition) is 2. The summed E-state index contributed by atoms with van der Waals surface area (Å²) >= 11 is 0. The highest BCUT2D eigenvalue weighted by atomic mass is 19.3. The molecule has 0 bridgehead atoms. The van der Waals surface area contributed by atoms with E-state index in [2.05, 4.69) is 0 Å². The molecule has 2 nitrogen and oxygen atoms in total. The molecule has 0 aromatic heterocycles. The number of carbonyl (C=O) groups excluding carboxylic acids is 1. The van der Waals surface area contributed by atoms with Crippen LogP contribution in [0.4, 0.5) is 8.78 Å². The van der Waals surface area contributed by atoms with Gasteiger partial charge in [-0.1, -0.05) is 13.8 Å². The van der Waals surface area contributed by atoms with Crippen LogP contribution in [0.3, 0.4) is 0 Å². The van der Waals surface area contributed by atoms with Gasteiger partial charge in [0.25, 0.3) is 5.92 Å². The zero-order valence-corrected chi connectivity index (χ0v) is 10.0. The van der Waals surface area contributed by atoms with Gasteiger partial charge in [0, 0.05) is 24.8 Å². The van der Waals surface area contributed by atoms with Crippen molar-refractivity contribution < 1.29 is 13.6 Å². The van der Waals surface area contributed by atoms with Crippen LogP contribution >= 0.6 is 0 Å². The number of fused-ring (bicyclic) bond motifs is 1. The molecule has 0 radical (unpaired) electrons. The van der Waals surface area contributed by atoms with E-state index in [9.17, 15) is 13.6 Å². The number of likely N-dealkylation sites (N-methyl/N-ethyl adjacent to an activating group) is 1. The average Bonchev–Trinajstić information content (AvgIpc) is 2.64. The maximum absolute atomic E-state index is 13.6. The number of rotatable bonds is 2. The summed E-state index contributed by atoms with van der Waals surface area (Å²) in [5.41, 5.74) is 0. The van der Waals surface area contributed by atoms with Crippen LogP contribution in [0.5, 0.6) is 0 Å². The fraction of sp³-hybridized carbons (Fsp3) is 0.917. The third-order valence-electron chi connectivity index (χ3n) is 4.10. The van der Waals surface area contributed by atoms with E-state index in [4.69, 9.17) is 0 Å². The molecule has 0 spiro atoms. The number of alkyl halides is 2. The van der Waals surface area contributed by atoms with Gasteiger partial charge < -0.3 is 0 Å². The zero-order chi connectivity index (χ0) is 12.1. The largest absolute Gasteiger partial charge is 0.298 e. The number of halogens is 2. The lowest BCUT2D eigenvalue weighted by atomic mass is 9.87. The predicted octanol–water partition coefficient (Wildman–Crippen LogP) is 2.19. The lowest BCUT2D eigenvalue weighted by Gasteiger charge is -2.24. The van der Waals surface area contributed by atoms with Crippen LogP contribution in [0.25, 0.3) is 0 Å². The Morgan fingerprint density at radius 1 is 1.44 bits per heavy atom. The van der Waals surface area contributed by atoms with Crippen LogP contribution in [-0.4, -0.2) is 36.2 Å². The number of Topliss-reactive ketones (excluding diaryl/α,β-unsaturated/α-hetero) is 1. The maximum atomic E-state index is 13.6. The van der Waals surface area contributed by atoms with E-state index in [1.807, 2.05) is 18.7 Å². The number of ketones is 1. The highest BCUT2D eigenvalue weighted by molar-refractivity contribution is 5.86. The van der Waals surface area contributed by atoms with Gasteiger partial charge in [-0.2, -0.15) is 0 Å². The second-order valence-electron chi connectivity index (χ2n) is 5.51. The van der Waals surface area contributed by atoms with Gasteiger partial charge in [0.05, 0.1) is 6.04 Å². The van der Waals surface area contributed by atoms with E-state index in [0.29, 0.717) is 13.0 Å². The van der Waals surface area contributed by atoms with E-state index in [1.165, 1.54) is 0 Å². The average molecular weight is 231 g/mol. The molecule has 0 N–H and O–H groups in total. The Balaban J connectivity index is 2.20. The van der Waals surface area contributed by atoms with Crippen molar-refractivity contribution >= 4 is 5.78 Å². The molecule has 0 aromatic rings. The molecule has 2 aliphatic rings. The van der Waals surface area contributed by atoms with Crippen LogP contribution in [0.15, 0.2) is 0 Å². The van der Waals surface area contributed by atoms with Gasteiger partial charge >= 0.3 is 0 Å². The predicted molar refractivity (Wildman–Crippen MR) is 57.4 cm³/mol. The molecule has 2 rings (SSSR count). The van der Waals surface area contributed by atoms with Gasteiger partial charge in [0.1, 0.15) is 0 Å². The number of likely N-dealkylation sites (tertiary alicyclic amines) is 1. The summed E-state index contributed by atoms with van der Waals surface area (Å²) in [7, 11) is 1.79. The van der Waals surface area contributed by atoms with E-state index < -0.39 is 11.8 Å². The standard InChI is InChI=1S/C12H19F2NO/c1-7(2)11(16)10-8-4-5-12(13,14)9(8)6-15(10)3/h7-10H,4-6H2,1-3H3/t8-,9-,10?/m0/s1. The SMILES string of the molecule is CC(C)C(=O)C1[C@H]2CCC(F)(F)[C@H]2CN1C. The molecule has 92 valence electrons. The summed E-state index contributed by atoms with van der Waals surface area (Å²) in [4.78, 5) is 13.8. The minimum atomic E-state index is -2.56. The first-order valence-electron chi connectivity index (χ1n) is 5.96. The van der Waals surface area contributed by atoms with Crippen LogP contribution in [0.2, 0.25) is 0 Å². The van der Waals surface area contributed by atoms with Gasteiger partial charge in [-0.05, 0) is 19.4 Å². The fourth-order valence-electron chi connectivity index (χ4n) is 3.23. The Kier molecular flexibility index (Phi) is 2.81. The molecule has 0 aromatic carbocycles. The molecule has 1 heterocycles. The summed E-state index contributed by atoms with van der Waals surface area (Å²) in [5, 5.41) is 0. The Bertz CT molecular complexity index is 303. The summed E-state index contributed by atoms with van der Waals surface area (Å²) in [5.74, 6) is -3.25. The molecule has 16 heavy (non-hydrogen) atoms. The van der Waals surface area contributed by atoms with Crippen LogP contribution in [0.1, 0.15) is 26.7 Å². The van der Waals surface area contributed by atoms with Crippen molar-refractivity contribution in [1.82, 2.24) is 4.90 Å². The van der Waals surface area contributed by atoms with Gasteiger partial charge in [-0.25, -0.2) is 8.78 Å². The second kappa shape index (κ2) is 3.76. The van der Waals surface area contributed by atoms with Crippen LogP contribution in [-0.2, 0) is 4.79 Å². The van der Waals surface area contributed by atoms with Crippen molar-refractivity contribution in [3.05, 3.63) is 0 Å². The van der Waals surface area contributed by atoms with E-state index in [1.54, 1.807) is 7.05 Å². The van der Waals surface area contributed by atoms with Crippen molar-refractivity contribution in [2.24, 2.45) is 17.8 Å². The number of nitrogens with zero attached hydrogens (tertiary/aromatic N) is 1. The monoisotopic (exact) mass is 231 g/mol. The molecule has 1 saturated carbocycles. The molecular formula is C12H19F2NO. The molecule has 4 heteroatoms. The van der Waals surface area contributed by atoms with E-state index in [-0.39, 0.29) is 30.1 Å². The molecule has 3 atom stereocenters. The van der Waals surface area contributed by atoms with Gasteiger partial charge in [-0.3, -0.25) is 9.69 Å². The minimum Gasteiger partial charge on any atom is -0.298 e. The number of carbonyl (C=O) groups is 1. The van der Waals surface area contributed by atoms with E-state index in [0.717, 1.165) is 0 Å². The van der Waals surface area contributed by atoms with Crippen molar-refractivity contribution in [3.8, 4) is 0 Å². The van der Waals surface area contributed by atoms with Gasteiger partial charge in [0.15, 0.2) is 5.78 Å². The fourth-order valence-corrected chi connectivity index (χ4v) is 3.23. The molecule has 0 amide bonds. The Hall–Kier alpha value is -0.510. The normalized spacial score (nSPS) is 38.0. The smallest absolute Gasteiger partial charge is 0.252 e.